The van der Waals surface area contributed by atoms with Crippen molar-refractivity contribution in [1.82, 2.24) is 9.97 Å². The molecule has 1 aromatic heterocycles. The number of halogens is 3. The monoisotopic (exact) mass is 376 g/mol. The van der Waals surface area contributed by atoms with Crippen LogP contribution >= 0.6 is 23.2 Å². The zero-order valence-corrected chi connectivity index (χ0v) is 14.1. The fourth-order valence-electron chi connectivity index (χ4n) is 2.01. The van der Waals surface area contributed by atoms with Crippen molar-refractivity contribution in [2.75, 3.05) is 10.6 Å². The zero-order chi connectivity index (χ0) is 17.8. The van der Waals surface area contributed by atoms with Gasteiger partial charge in [-0.25, -0.2) is 14.4 Å². The summed E-state index contributed by atoms with van der Waals surface area (Å²) in [6.45, 7) is 0. The summed E-state index contributed by atoms with van der Waals surface area (Å²) in [4.78, 5) is 20.3. The molecule has 3 rings (SSSR count). The molecule has 126 valence electrons. The van der Waals surface area contributed by atoms with Crippen LogP contribution in [0, 0.1) is 5.82 Å². The van der Waals surface area contributed by atoms with Gasteiger partial charge in [0, 0.05) is 16.8 Å². The van der Waals surface area contributed by atoms with Crippen LogP contribution in [0.15, 0.2) is 54.9 Å². The van der Waals surface area contributed by atoms with Crippen LogP contribution in [0.5, 0.6) is 0 Å². The van der Waals surface area contributed by atoms with Crippen LogP contribution in [0.1, 0.15) is 10.5 Å². The molecule has 0 aliphatic rings. The standard InChI is InChI=1S/C17H11Cl2FN4O/c18-10-1-6-14(13(19)7-10)24-17(25)15-8-16(22-9-21-15)23-12-4-2-11(20)3-5-12/h1-9H,(H,24,25)(H,21,22,23). The molecule has 0 saturated carbocycles. The molecule has 2 N–H and O–H groups in total. The first kappa shape index (κ1) is 17.1. The predicted octanol–water partition coefficient (Wildman–Crippen LogP) is 4.92. The first-order valence-corrected chi connectivity index (χ1v) is 7.88. The zero-order valence-electron chi connectivity index (χ0n) is 12.6. The van der Waals surface area contributed by atoms with Crippen molar-refractivity contribution < 1.29 is 9.18 Å². The van der Waals surface area contributed by atoms with Crippen LogP contribution in [-0.4, -0.2) is 15.9 Å². The molecule has 8 heteroatoms. The number of hydrogen-bond donors (Lipinski definition) is 2. The maximum atomic E-state index is 12.9. The van der Waals surface area contributed by atoms with E-state index >= 15 is 0 Å². The molecule has 0 aliphatic heterocycles. The quantitative estimate of drug-likeness (QED) is 0.678. The predicted molar refractivity (Wildman–Crippen MR) is 96.1 cm³/mol. The number of amides is 1. The average Bonchev–Trinajstić information content (AvgIpc) is 2.60. The lowest BCUT2D eigenvalue weighted by Gasteiger charge is -2.09. The molecule has 0 unspecified atom stereocenters. The summed E-state index contributed by atoms with van der Waals surface area (Å²) < 4.78 is 12.9. The molecular formula is C17H11Cl2FN4O. The molecule has 0 radical (unpaired) electrons. The van der Waals surface area contributed by atoms with Gasteiger partial charge in [-0.15, -0.1) is 0 Å². The smallest absolute Gasteiger partial charge is 0.274 e. The fraction of sp³-hybridized carbons (Fsp3) is 0. The van der Waals surface area contributed by atoms with E-state index in [-0.39, 0.29) is 11.5 Å². The Balaban J connectivity index is 1.76. The Morgan fingerprint density at radius 2 is 1.76 bits per heavy atom. The normalized spacial score (nSPS) is 10.4. The Kier molecular flexibility index (Phi) is 5.11. The number of anilines is 3. The highest BCUT2D eigenvalue weighted by Gasteiger charge is 2.11. The van der Waals surface area contributed by atoms with Crippen molar-refractivity contribution in [3.05, 3.63) is 76.4 Å². The number of nitrogens with zero attached hydrogens (tertiary/aromatic N) is 2. The van der Waals surface area contributed by atoms with Gasteiger partial charge in [0.05, 0.1) is 10.7 Å². The Morgan fingerprint density at radius 3 is 2.48 bits per heavy atom. The van der Waals surface area contributed by atoms with Gasteiger partial charge in [0.2, 0.25) is 0 Å². The Hall–Kier alpha value is -2.70. The summed E-state index contributed by atoms with van der Waals surface area (Å²) in [5.41, 5.74) is 1.19. The number of aromatic nitrogens is 2. The van der Waals surface area contributed by atoms with Crippen LogP contribution in [0.4, 0.5) is 21.6 Å². The topological polar surface area (TPSA) is 66.9 Å². The van der Waals surface area contributed by atoms with Gasteiger partial charge < -0.3 is 10.6 Å². The van der Waals surface area contributed by atoms with Crippen LogP contribution < -0.4 is 10.6 Å². The summed E-state index contributed by atoms with van der Waals surface area (Å²) in [6, 6.07) is 12.0. The molecule has 0 fully saturated rings. The van der Waals surface area contributed by atoms with Gasteiger partial charge in [-0.05, 0) is 42.5 Å². The van der Waals surface area contributed by atoms with Gasteiger partial charge >= 0.3 is 0 Å². The van der Waals surface area contributed by atoms with E-state index in [1.54, 1.807) is 24.3 Å². The van der Waals surface area contributed by atoms with Gasteiger partial charge in [0.1, 0.15) is 23.7 Å². The Bertz CT molecular complexity index is 919. The summed E-state index contributed by atoms with van der Waals surface area (Å²) >= 11 is 11.9. The first-order chi connectivity index (χ1) is 12.0. The first-order valence-electron chi connectivity index (χ1n) is 7.12. The second-order valence-electron chi connectivity index (χ2n) is 5.00. The van der Waals surface area contributed by atoms with Crippen LogP contribution in [-0.2, 0) is 0 Å². The van der Waals surface area contributed by atoms with Crippen molar-refractivity contribution in [3.8, 4) is 0 Å². The summed E-state index contributed by atoms with van der Waals surface area (Å²) in [6.07, 6.45) is 1.25. The average molecular weight is 377 g/mol. The largest absolute Gasteiger partial charge is 0.340 e. The number of carbonyl (C=O) groups excluding carboxylic acids is 1. The molecule has 25 heavy (non-hydrogen) atoms. The van der Waals surface area contributed by atoms with Gasteiger partial charge in [-0.3, -0.25) is 4.79 Å². The van der Waals surface area contributed by atoms with Gasteiger partial charge in [-0.2, -0.15) is 0 Å². The number of rotatable bonds is 4. The lowest BCUT2D eigenvalue weighted by atomic mass is 10.3. The highest BCUT2D eigenvalue weighted by Crippen LogP contribution is 2.25. The van der Waals surface area contributed by atoms with Crippen LogP contribution in [0.3, 0.4) is 0 Å². The van der Waals surface area contributed by atoms with E-state index in [0.29, 0.717) is 27.2 Å². The molecular weight excluding hydrogens is 366 g/mol. The molecule has 0 saturated heterocycles. The number of carbonyl (C=O) groups is 1. The molecule has 1 heterocycles. The summed E-state index contributed by atoms with van der Waals surface area (Å²) in [7, 11) is 0. The maximum Gasteiger partial charge on any atom is 0.274 e. The summed E-state index contributed by atoms with van der Waals surface area (Å²) in [5.74, 6) is -0.393. The second-order valence-corrected chi connectivity index (χ2v) is 5.84. The third kappa shape index (κ3) is 4.43. The van der Waals surface area contributed by atoms with Crippen molar-refractivity contribution >= 4 is 46.3 Å². The van der Waals surface area contributed by atoms with Gasteiger partial charge in [-0.1, -0.05) is 23.2 Å². The highest BCUT2D eigenvalue weighted by molar-refractivity contribution is 6.36. The molecule has 1 amide bonds. The molecule has 2 aromatic carbocycles. The lowest BCUT2D eigenvalue weighted by molar-refractivity contribution is 0.102. The third-order valence-electron chi connectivity index (χ3n) is 3.20. The van der Waals surface area contributed by atoms with E-state index in [1.165, 1.54) is 30.6 Å². The fourth-order valence-corrected chi connectivity index (χ4v) is 2.46. The van der Waals surface area contributed by atoms with E-state index < -0.39 is 5.91 Å². The Morgan fingerprint density at radius 1 is 1.00 bits per heavy atom. The van der Waals surface area contributed by atoms with E-state index in [4.69, 9.17) is 23.2 Å². The van der Waals surface area contributed by atoms with Crippen molar-refractivity contribution in [3.63, 3.8) is 0 Å². The Labute approximate surface area is 152 Å². The molecule has 5 nitrogen and oxygen atoms in total. The number of benzene rings is 2. The van der Waals surface area contributed by atoms with Crippen molar-refractivity contribution in [2.45, 2.75) is 0 Å². The van der Waals surface area contributed by atoms with Crippen molar-refractivity contribution in [1.29, 1.82) is 0 Å². The molecule has 3 aromatic rings. The van der Waals surface area contributed by atoms with E-state index in [0.717, 1.165) is 0 Å². The number of nitrogens with one attached hydrogen (secondary N) is 2. The number of hydrogen-bond acceptors (Lipinski definition) is 4. The van der Waals surface area contributed by atoms with Crippen LogP contribution in [0.2, 0.25) is 10.0 Å². The maximum absolute atomic E-state index is 12.9. The van der Waals surface area contributed by atoms with E-state index in [2.05, 4.69) is 20.6 Å². The molecule has 0 atom stereocenters. The van der Waals surface area contributed by atoms with Gasteiger partial charge in [0.15, 0.2) is 0 Å². The lowest BCUT2D eigenvalue weighted by Crippen LogP contribution is -2.14. The van der Waals surface area contributed by atoms with Crippen molar-refractivity contribution in [2.24, 2.45) is 0 Å². The minimum Gasteiger partial charge on any atom is -0.340 e. The second kappa shape index (κ2) is 7.46. The van der Waals surface area contributed by atoms with E-state index in [1.807, 2.05) is 0 Å². The summed E-state index contributed by atoms with van der Waals surface area (Å²) in [5, 5.41) is 6.41. The SMILES string of the molecule is O=C(Nc1ccc(Cl)cc1Cl)c1cc(Nc2ccc(F)cc2)ncn1. The minimum atomic E-state index is -0.450. The molecule has 0 aliphatic carbocycles. The van der Waals surface area contributed by atoms with Crippen LogP contribution in [0.25, 0.3) is 0 Å². The van der Waals surface area contributed by atoms with Gasteiger partial charge in [0.25, 0.3) is 5.91 Å². The minimum absolute atomic E-state index is 0.144. The highest BCUT2D eigenvalue weighted by atomic mass is 35.5. The van der Waals surface area contributed by atoms with E-state index in [9.17, 15) is 9.18 Å². The molecule has 0 bridgehead atoms. The molecule has 0 spiro atoms. The third-order valence-corrected chi connectivity index (χ3v) is 3.74.